The van der Waals surface area contributed by atoms with Crippen LogP contribution in [0.25, 0.3) is 0 Å². The lowest BCUT2D eigenvalue weighted by atomic mass is 9.85. The van der Waals surface area contributed by atoms with E-state index in [1.165, 1.54) is 0 Å². The Hall–Kier alpha value is 0.265. The topological polar surface area (TPSA) is 83.8 Å². The summed E-state index contributed by atoms with van der Waals surface area (Å²) in [7, 11) is -4.50. The summed E-state index contributed by atoms with van der Waals surface area (Å²) in [6, 6.07) is 0. The molecule has 1 aliphatic rings. The first kappa shape index (κ1) is 16.3. The molecule has 0 aliphatic heterocycles. The molecule has 0 amide bonds. The zero-order valence-corrected chi connectivity index (χ0v) is 11.4. The van der Waals surface area contributed by atoms with Crippen LogP contribution in [0.15, 0.2) is 0 Å². The van der Waals surface area contributed by atoms with Crippen LogP contribution in [0.2, 0.25) is 5.82 Å². The van der Waals surface area contributed by atoms with Crippen LogP contribution in [0.4, 0.5) is 8.39 Å². The fraction of sp³-hybridized carbons (Fsp3) is 1.00. The maximum atomic E-state index is 13.2. The maximum Gasteiger partial charge on any atom is 0.379 e. The Morgan fingerprint density at radius 1 is 1.28 bits per heavy atom. The van der Waals surface area contributed by atoms with Gasteiger partial charge in [-0.25, -0.2) is 0 Å². The first-order chi connectivity index (χ1) is 8.13. The second kappa shape index (κ2) is 6.14. The van der Waals surface area contributed by atoms with E-state index in [1.54, 1.807) is 0 Å². The van der Waals surface area contributed by atoms with Crippen LogP contribution in [0, 0.1) is 11.8 Å². The van der Waals surface area contributed by atoms with Crippen molar-refractivity contribution in [3.05, 3.63) is 0 Å². The molecule has 0 heterocycles. The molecule has 1 rings (SSSR count). The maximum absolute atomic E-state index is 13.2. The Labute approximate surface area is 105 Å². The third kappa shape index (κ3) is 5.49. The molecule has 2 radical (unpaired) electrons. The van der Waals surface area contributed by atoms with E-state index in [2.05, 4.69) is 4.52 Å². The summed E-state index contributed by atoms with van der Waals surface area (Å²) >= 11 is 0. The van der Waals surface area contributed by atoms with Crippen molar-refractivity contribution in [3.8, 4) is 0 Å². The second-order valence-electron chi connectivity index (χ2n) is 4.58. The van der Waals surface area contributed by atoms with Crippen molar-refractivity contribution in [1.82, 2.24) is 0 Å². The molecule has 0 bridgehead atoms. The minimum Gasteiger partial charge on any atom is -0.396 e. The predicted molar refractivity (Wildman–Crippen MR) is 63.3 cm³/mol. The highest BCUT2D eigenvalue weighted by molar-refractivity contribution is 7.70. The van der Waals surface area contributed by atoms with Crippen molar-refractivity contribution in [3.63, 3.8) is 0 Å². The fourth-order valence-corrected chi connectivity index (χ4v) is 4.55. The number of aliphatic hydroxyl groups excluding tert-OH is 1. The minimum absolute atomic E-state index is 0.153. The molecular formula is C8H15BF2O5P2. The van der Waals surface area contributed by atoms with Gasteiger partial charge in [-0.05, 0) is 11.8 Å². The van der Waals surface area contributed by atoms with E-state index >= 15 is 0 Å². The van der Waals surface area contributed by atoms with Crippen LogP contribution in [-0.2, 0) is 13.7 Å². The Balaban J connectivity index is 2.49. The number of hydrogen-bond donors (Lipinski definition) is 2. The summed E-state index contributed by atoms with van der Waals surface area (Å²) in [6.07, 6.45) is 1.01. The first-order valence-corrected chi connectivity index (χ1v) is 8.88. The number of rotatable bonds is 6. The van der Waals surface area contributed by atoms with Gasteiger partial charge >= 0.3 is 15.4 Å². The van der Waals surface area contributed by atoms with Gasteiger partial charge in [-0.15, -0.1) is 0 Å². The lowest BCUT2D eigenvalue weighted by Gasteiger charge is -2.18. The van der Waals surface area contributed by atoms with Crippen LogP contribution in [-0.4, -0.2) is 37.0 Å². The minimum atomic E-state index is -5.22. The molecule has 1 fully saturated rings. The van der Waals surface area contributed by atoms with Gasteiger partial charge in [0.2, 0.25) is 0 Å². The molecule has 2 unspecified atom stereocenters. The Morgan fingerprint density at radius 3 is 2.33 bits per heavy atom. The monoisotopic (exact) mass is 302 g/mol. The smallest absolute Gasteiger partial charge is 0.379 e. The van der Waals surface area contributed by atoms with E-state index in [0.717, 1.165) is 0 Å². The largest absolute Gasteiger partial charge is 0.396 e. The van der Waals surface area contributed by atoms with E-state index in [4.69, 9.17) is 17.8 Å². The molecule has 0 spiro atoms. The molecule has 1 saturated carbocycles. The standard InChI is InChI=1S/C8H15BF2O5P2/c9-8-1-6(3-12)7(2-8)4-16-18(11,15)5-17(10,13)14/h6-8,12H,1-5H2,(H,13,14)/t6-,7+,8-,18?/m0/s1. The molecule has 1 aliphatic carbocycles. The molecule has 5 nitrogen and oxygen atoms in total. The molecule has 0 aromatic heterocycles. The van der Waals surface area contributed by atoms with Gasteiger partial charge in [0.25, 0.3) is 0 Å². The summed E-state index contributed by atoms with van der Waals surface area (Å²) in [4.78, 5) is 8.32. The molecule has 0 aromatic carbocycles. The van der Waals surface area contributed by atoms with Gasteiger partial charge < -0.3 is 14.5 Å². The van der Waals surface area contributed by atoms with Gasteiger partial charge in [0, 0.05) is 6.61 Å². The number of aliphatic hydroxyl groups is 1. The normalized spacial score (nSPS) is 35.0. The van der Waals surface area contributed by atoms with Crippen LogP contribution < -0.4 is 0 Å². The Bertz CT molecular complexity index is 376. The average molecular weight is 302 g/mol. The molecular weight excluding hydrogens is 287 g/mol. The van der Waals surface area contributed by atoms with Crippen LogP contribution >= 0.6 is 15.4 Å². The number of hydrogen-bond acceptors (Lipinski definition) is 4. The van der Waals surface area contributed by atoms with E-state index < -0.39 is 21.3 Å². The van der Waals surface area contributed by atoms with Crippen LogP contribution in [0.3, 0.4) is 0 Å². The van der Waals surface area contributed by atoms with Crippen LogP contribution in [0.5, 0.6) is 0 Å². The van der Waals surface area contributed by atoms with Crippen molar-refractivity contribution < 1.29 is 32.0 Å². The lowest BCUT2D eigenvalue weighted by molar-refractivity contribution is 0.148. The van der Waals surface area contributed by atoms with Gasteiger partial charge in [-0.1, -0.05) is 18.7 Å². The van der Waals surface area contributed by atoms with E-state index in [1.807, 2.05) is 0 Å². The molecule has 0 aromatic rings. The van der Waals surface area contributed by atoms with E-state index in [-0.39, 0.29) is 30.9 Å². The summed E-state index contributed by atoms with van der Waals surface area (Å²) in [6.45, 7) is -0.466. The fourth-order valence-electron chi connectivity index (χ4n) is 2.14. The third-order valence-corrected chi connectivity index (χ3v) is 6.22. The summed E-state index contributed by atoms with van der Waals surface area (Å²) in [5, 5.41) is 9.05. The van der Waals surface area contributed by atoms with Gasteiger partial charge in [-0.2, -0.15) is 8.39 Å². The van der Waals surface area contributed by atoms with Crippen molar-refractivity contribution >= 4 is 23.2 Å². The van der Waals surface area contributed by atoms with Crippen molar-refractivity contribution in [2.24, 2.45) is 11.8 Å². The zero-order chi connectivity index (χ0) is 14.0. The van der Waals surface area contributed by atoms with Crippen molar-refractivity contribution in [2.75, 3.05) is 19.1 Å². The van der Waals surface area contributed by atoms with Crippen LogP contribution in [0.1, 0.15) is 12.8 Å². The second-order valence-corrected chi connectivity index (χ2v) is 8.38. The van der Waals surface area contributed by atoms with Crippen molar-refractivity contribution in [2.45, 2.75) is 18.7 Å². The Morgan fingerprint density at radius 2 is 1.83 bits per heavy atom. The SMILES string of the molecule is [B][C@H]1C[C@@H](CO)[C@@H](COP(=O)(F)CP(=O)(O)F)C1. The zero-order valence-electron chi connectivity index (χ0n) is 9.61. The van der Waals surface area contributed by atoms with Gasteiger partial charge in [-0.3, -0.25) is 9.13 Å². The lowest BCUT2D eigenvalue weighted by Crippen LogP contribution is -2.17. The molecule has 18 heavy (non-hydrogen) atoms. The molecule has 104 valence electrons. The van der Waals surface area contributed by atoms with Gasteiger partial charge in [0.05, 0.1) is 14.5 Å². The number of halogens is 2. The highest BCUT2D eigenvalue weighted by Crippen LogP contribution is 2.62. The first-order valence-electron chi connectivity index (χ1n) is 5.44. The Kier molecular flexibility index (Phi) is 5.57. The molecule has 10 heteroatoms. The highest BCUT2D eigenvalue weighted by atomic mass is 31.3. The van der Waals surface area contributed by atoms with E-state index in [0.29, 0.717) is 12.8 Å². The highest BCUT2D eigenvalue weighted by Gasteiger charge is 2.37. The summed E-state index contributed by atoms with van der Waals surface area (Å²) in [5.74, 6) is -2.26. The van der Waals surface area contributed by atoms with Gasteiger partial charge in [0.1, 0.15) is 0 Å². The predicted octanol–water partition coefficient (Wildman–Crippen LogP) is 2.25. The van der Waals surface area contributed by atoms with Crippen molar-refractivity contribution in [1.29, 1.82) is 0 Å². The third-order valence-electron chi connectivity index (χ3n) is 2.94. The van der Waals surface area contributed by atoms with Gasteiger partial charge in [0.15, 0.2) is 5.90 Å². The molecule has 0 saturated heterocycles. The summed E-state index contributed by atoms with van der Waals surface area (Å²) in [5.41, 5.74) is 0. The van der Waals surface area contributed by atoms with E-state index in [9.17, 15) is 17.5 Å². The average Bonchev–Trinajstić information content (AvgIpc) is 2.52. The molecule has 2 N–H and O–H groups in total. The summed E-state index contributed by atoms with van der Waals surface area (Å²) < 4.78 is 51.4. The quantitative estimate of drug-likeness (QED) is 0.581. The molecule has 5 atom stereocenters.